The van der Waals surface area contributed by atoms with Crippen molar-refractivity contribution < 1.29 is 0 Å². The van der Waals surface area contributed by atoms with Crippen LogP contribution in [-0.4, -0.2) is 37.5 Å². The van der Waals surface area contributed by atoms with E-state index in [0.29, 0.717) is 11.9 Å². The number of aliphatic imine (C=N–C) groups is 1. The number of hydrazine groups is 1. The molecule has 0 heterocycles. The third-order valence-corrected chi connectivity index (χ3v) is 1.79. The first-order valence-corrected chi connectivity index (χ1v) is 4.90. The lowest BCUT2D eigenvalue weighted by Gasteiger charge is -2.19. The molecule has 0 amide bonds. The van der Waals surface area contributed by atoms with Gasteiger partial charge in [-0.2, -0.15) is 0 Å². The minimum atomic E-state index is 0.209. The summed E-state index contributed by atoms with van der Waals surface area (Å²) in [6.07, 6.45) is 1.01. The SMILES string of the molecule is CC(C)CC(CN(C)C)N=C(N)NN. The van der Waals surface area contributed by atoms with Crippen LogP contribution in [-0.2, 0) is 0 Å². The van der Waals surface area contributed by atoms with E-state index in [4.69, 9.17) is 11.6 Å². The molecule has 14 heavy (non-hydrogen) atoms. The highest BCUT2D eigenvalue weighted by molar-refractivity contribution is 5.77. The number of hydrogen-bond acceptors (Lipinski definition) is 3. The van der Waals surface area contributed by atoms with Gasteiger partial charge in [-0.3, -0.25) is 5.43 Å². The van der Waals surface area contributed by atoms with E-state index in [1.807, 2.05) is 14.1 Å². The highest BCUT2D eigenvalue weighted by Gasteiger charge is 2.10. The zero-order valence-corrected chi connectivity index (χ0v) is 9.62. The van der Waals surface area contributed by atoms with Crippen molar-refractivity contribution in [1.82, 2.24) is 10.3 Å². The van der Waals surface area contributed by atoms with Crippen molar-refractivity contribution in [1.29, 1.82) is 0 Å². The maximum Gasteiger partial charge on any atom is 0.203 e. The number of nitrogens with two attached hydrogens (primary N) is 2. The van der Waals surface area contributed by atoms with Crippen molar-refractivity contribution >= 4 is 5.96 Å². The quantitative estimate of drug-likeness (QED) is 0.248. The number of nitrogens with zero attached hydrogens (tertiary/aromatic N) is 2. The minimum absolute atomic E-state index is 0.209. The molecule has 0 saturated heterocycles. The van der Waals surface area contributed by atoms with Gasteiger partial charge < -0.3 is 10.6 Å². The Kier molecular flexibility index (Phi) is 6.23. The summed E-state index contributed by atoms with van der Waals surface area (Å²) in [7, 11) is 4.05. The zero-order chi connectivity index (χ0) is 11.1. The van der Waals surface area contributed by atoms with E-state index in [1.165, 1.54) is 0 Å². The lowest BCUT2D eigenvalue weighted by Crippen LogP contribution is -2.39. The van der Waals surface area contributed by atoms with Gasteiger partial charge in [0.15, 0.2) is 0 Å². The Morgan fingerprint density at radius 1 is 1.43 bits per heavy atom. The van der Waals surface area contributed by atoms with E-state index in [2.05, 4.69) is 29.2 Å². The average molecular weight is 201 g/mol. The largest absolute Gasteiger partial charge is 0.369 e. The van der Waals surface area contributed by atoms with Gasteiger partial charge in [-0.15, -0.1) is 0 Å². The van der Waals surface area contributed by atoms with Gasteiger partial charge in [0, 0.05) is 6.54 Å². The van der Waals surface area contributed by atoms with Gasteiger partial charge in [0.25, 0.3) is 0 Å². The fourth-order valence-corrected chi connectivity index (χ4v) is 1.37. The molecule has 0 aromatic carbocycles. The van der Waals surface area contributed by atoms with Crippen molar-refractivity contribution in [3.05, 3.63) is 0 Å². The first kappa shape index (κ1) is 13.2. The Morgan fingerprint density at radius 2 is 2.00 bits per heavy atom. The van der Waals surface area contributed by atoms with Crippen LogP contribution in [0.25, 0.3) is 0 Å². The van der Waals surface area contributed by atoms with Crippen molar-refractivity contribution in [3.63, 3.8) is 0 Å². The molecule has 0 radical (unpaired) electrons. The van der Waals surface area contributed by atoms with Crippen LogP contribution in [0.5, 0.6) is 0 Å². The van der Waals surface area contributed by atoms with Gasteiger partial charge in [0.2, 0.25) is 5.96 Å². The average Bonchev–Trinajstić information content (AvgIpc) is 2.01. The van der Waals surface area contributed by atoms with Crippen molar-refractivity contribution in [2.45, 2.75) is 26.3 Å². The van der Waals surface area contributed by atoms with E-state index >= 15 is 0 Å². The molecule has 5 N–H and O–H groups in total. The van der Waals surface area contributed by atoms with Crippen molar-refractivity contribution in [3.8, 4) is 0 Å². The second-order valence-electron chi connectivity index (χ2n) is 4.20. The van der Waals surface area contributed by atoms with Crippen LogP contribution in [0, 0.1) is 5.92 Å². The molecule has 0 aromatic heterocycles. The molecule has 0 fully saturated rings. The van der Waals surface area contributed by atoms with Gasteiger partial charge in [0.05, 0.1) is 6.04 Å². The molecular formula is C9H23N5. The summed E-state index contributed by atoms with van der Waals surface area (Å²) < 4.78 is 0. The molecule has 0 saturated carbocycles. The Balaban J connectivity index is 4.24. The summed E-state index contributed by atoms with van der Waals surface area (Å²) in [5.74, 6) is 6.07. The molecular weight excluding hydrogens is 178 g/mol. The van der Waals surface area contributed by atoms with Crippen molar-refractivity contribution in [2.24, 2.45) is 22.5 Å². The highest BCUT2D eigenvalue weighted by atomic mass is 15.3. The maximum atomic E-state index is 5.52. The molecule has 84 valence electrons. The van der Waals surface area contributed by atoms with Gasteiger partial charge in [-0.05, 0) is 26.4 Å². The van der Waals surface area contributed by atoms with Crippen molar-refractivity contribution in [2.75, 3.05) is 20.6 Å². The van der Waals surface area contributed by atoms with Gasteiger partial charge in [0.1, 0.15) is 0 Å². The summed E-state index contributed by atoms with van der Waals surface area (Å²) in [5, 5.41) is 0. The van der Waals surface area contributed by atoms with Crippen LogP contribution in [0.15, 0.2) is 4.99 Å². The number of guanidine groups is 1. The first-order valence-electron chi connectivity index (χ1n) is 4.90. The molecule has 5 nitrogen and oxygen atoms in total. The molecule has 0 aliphatic heterocycles. The van der Waals surface area contributed by atoms with E-state index in [9.17, 15) is 0 Å². The predicted molar refractivity (Wildman–Crippen MR) is 60.7 cm³/mol. The maximum absolute atomic E-state index is 5.52. The van der Waals surface area contributed by atoms with E-state index in [1.54, 1.807) is 0 Å². The fraction of sp³-hybridized carbons (Fsp3) is 0.889. The fourth-order valence-electron chi connectivity index (χ4n) is 1.37. The molecule has 0 rings (SSSR count). The number of nitrogens with one attached hydrogen (secondary N) is 1. The number of rotatable bonds is 5. The van der Waals surface area contributed by atoms with E-state index in [-0.39, 0.29) is 6.04 Å². The molecule has 0 aliphatic rings. The number of likely N-dealkylation sites (N-methyl/N-ethyl adjacent to an activating group) is 1. The molecule has 5 heteroatoms. The van der Waals surface area contributed by atoms with Gasteiger partial charge in [-0.1, -0.05) is 13.8 Å². The molecule has 1 unspecified atom stereocenters. The summed E-state index contributed by atoms with van der Waals surface area (Å²) in [4.78, 5) is 6.39. The summed E-state index contributed by atoms with van der Waals surface area (Å²) in [6, 6.07) is 0.209. The molecule has 0 spiro atoms. The number of hydrogen-bond donors (Lipinski definition) is 3. The highest BCUT2D eigenvalue weighted by Crippen LogP contribution is 2.08. The summed E-state index contributed by atoms with van der Waals surface area (Å²) >= 11 is 0. The minimum Gasteiger partial charge on any atom is -0.369 e. The van der Waals surface area contributed by atoms with Crippen LogP contribution in [0.4, 0.5) is 0 Å². The normalized spacial score (nSPS) is 14.9. The summed E-state index contributed by atoms with van der Waals surface area (Å²) in [6.45, 7) is 5.23. The Bertz CT molecular complexity index is 166. The van der Waals surface area contributed by atoms with Crippen LogP contribution in [0.3, 0.4) is 0 Å². The molecule has 0 aliphatic carbocycles. The molecule has 1 atom stereocenters. The van der Waals surface area contributed by atoms with E-state index in [0.717, 1.165) is 13.0 Å². The molecule has 0 aromatic rings. The Morgan fingerprint density at radius 3 is 2.36 bits per heavy atom. The smallest absolute Gasteiger partial charge is 0.203 e. The third kappa shape index (κ3) is 6.68. The van der Waals surface area contributed by atoms with E-state index < -0.39 is 0 Å². The van der Waals surface area contributed by atoms with Crippen LogP contribution in [0.1, 0.15) is 20.3 Å². The lowest BCUT2D eigenvalue weighted by atomic mass is 10.0. The third-order valence-electron chi connectivity index (χ3n) is 1.79. The topological polar surface area (TPSA) is 79.7 Å². The van der Waals surface area contributed by atoms with Crippen LogP contribution in [0.2, 0.25) is 0 Å². The first-order chi connectivity index (χ1) is 6.45. The summed E-state index contributed by atoms with van der Waals surface area (Å²) in [5.41, 5.74) is 7.87. The van der Waals surface area contributed by atoms with Crippen LogP contribution >= 0.6 is 0 Å². The second-order valence-corrected chi connectivity index (χ2v) is 4.20. The standard InChI is InChI=1S/C9H23N5/c1-7(2)5-8(6-14(3)4)12-9(10)13-11/h7-8H,5-6,11H2,1-4H3,(H3,10,12,13). The van der Waals surface area contributed by atoms with Gasteiger partial charge in [-0.25, -0.2) is 10.8 Å². The monoisotopic (exact) mass is 201 g/mol. The lowest BCUT2D eigenvalue weighted by molar-refractivity contribution is 0.345. The predicted octanol–water partition coefficient (Wildman–Crippen LogP) is -0.259. The Labute approximate surface area is 86.5 Å². The Hall–Kier alpha value is -0.810. The van der Waals surface area contributed by atoms with Gasteiger partial charge >= 0.3 is 0 Å². The second kappa shape index (κ2) is 6.62. The molecule has 0 bridgehead atoms. The zero-order valence-electron chi connectivity index (χ0n) is 9.62. The van der Waals surface area contributed by atoms with Crippen LogP contribution < -0.4 is 17.0 Å².